The average molecular weight is 578 g/mol. The molecule has 12 heteroatoms. The molecule has 0 fully saturated rings. The number of ketones is 1. The number of nitrogens with two attached hydrogens (primary N) is 2. The number of benzene rings is 3. The van der Waals surface area contributed by atoms with E-state index >= 15 is 0 Å². The lowest BCUT2D eigenvalue weighted by molar-refractivity contribution is -0.120. The van der Waals surface area contributed by atoms with E-state index in [1.807, 2.05) is 0 Å². The molecule has 0 bridgehead atoms. The van der Waals surface area contributed by atoms with E-state index in [1.165, 1.54) is 34.1 Å². The van der Waals surface area contributed by atoms with Gasteiger partial charge in [0, 0.05) is 30.1 Å². The topological polar surface area (TPSA) is 141 Å². The van der Waals surface area contributed by atoms with E-state index in [0.29, 0.717) is 28.4 Å². The summed E-state index contributed by atoms with van der Waals surface area (Å²) in [6.45, 7) is 1.35. The van der Waals surface area contributed by atoms with Crippen LogP contribution in [0.25, 0.3) is 0 Å². The fourth-order valence-electron chi connectivity index (χ4n) is 3.85. The molecule has 1 unspecified atom stereocenters. The van der Waals surface area contributed by atoms with Crippen LogP contribution in [-0.2, 0) is 9.59 Å². The number of nitrogen functional groups attached to an aromatic ring is 1. The number of carbonyl (C=O) groups excluding carboxylic acids is 3. The van der Waals surface area contributed by atoms with Gasteiger partial charge in [0.25, 0.3) is 5.91 Å². The molecular formula is C29H28FN5O5S. The Balaban J connectivity index is 1.47. The first kappa shape index (κ1) is 29.0. The normalized spacial score (nSPS) is 11.4. The molecule has 0 aliphatic rings. The van der Waals surface area contributed by atoms with E-state index in [2.05, 4.69) is 4.98 Å². The maximum atomic E-state index is 13.5. The number of hydrogen-bond acceptors (Lipinski definition) is 9. The largest absolute Gasteiger partial charge is 0.497 e. The highest BCUT2D eigenvalue weighted by Crippen LogP contribution is 2.36. The van der Waals surface area contributed by atoms with Crippen LogP contribution < -0.4 is 30.7 Å². The van der Waals surface area contributed by atoms with Crippen LogP contribution in [0, 0.1) is 5.82 Å². The zero-order valence-corrected chi connectivity index (χ0v) is 23.4. The molecule has 1 aromatic heterocycles. The monoisotopic (exact) mass is 577 g/mol. The predicted octanol–water partition coefficient (Wildman–Crippen LogP) is 4.16. The number of nitrogens with zero attached hydrogens (tertiary/aromatic N) is 3. The second-order valence-corrected chi connectivity index (χ2v) is 9.91. The van der Waals surface area contributed by atoms with Crippen LogP contribution in [0.3, 0.4) is 0 Å². The summed E-state index contributed by atoms with van der Waals surface area (Å²) in [4.78, 5) is 45.3. The number of carbonyl (C=O) groups is 3. The van der Waals surface area contributed by atoms with Gasteiger partial charge in [0.05, 0.1) is 7.11 Å². The Morgan fingerprint density at radius 2 is 1.68 bits per heavy atom. The number of likely N-dealkylation sites (N-methyl/N-ethyl adjacent to an activating group) is 1. The first-order chi connectivity index (χ1) is 19.6. The zero-order valence-electron chi connectivity index (χ0n) is 22.5. The van der Waals surface area contributed by atoms with Crippen molar-refractivity contribution in [2.24, 2.45) is 5.73 Å². The van der Waals surface area contributed by atoms with Gasteiger partial charge in [0.15, 0.2) is 11.7 Å². The lowest BCUT2D eigenvalue weighted by Gasteiger charge is -2.26. The molecule has 0 saturated carbocycles. The van der Waals surface area contributed by atoms with Crippen molar-refractivity contribution in [3.63, 3.8) is 0 Å². The van der Waals surface area contributed by atoms with E-state index in [-0.39, 0.29) is 28.3 Å². The first-order valence-corrected chi connectivity index (χ1v) is 13.2. The highest BCUT2D eigenvalue weighted by molar-refractivity contribution is 7.18. The van der Waals surface area contributed by atoms with Crippen LogP contribution in [0.2, 0.25) is 0 Å². The van der Waals surface area contributed by atoms with Crippen LogP contribution in [0.4, 0.5) is 26.7 Å². The molecule has 0 aliphatic carbocycles. The van der Waals surface area contributed by atoms with Crippen LogP contribution in [-0.4, -0.2) is 49.4 Å². The summed E-state index contributed by atoms with van der Waals surface area (Å²) >= 11 is 0.986. The van der Waals surface area contributed by atoms with Crippen molar-refractivity contribution in [3.8, 4) is 11.5 Å². The number of aromatic nitrogens is 1. The molecule has 1 heterocycles. The number of methoxy groups -OCH3 is 1. The molecule has 4 N–H and O–H groups in total. The van der Waals surface area contributed by atoms with E-state index < -0.39 is 23.5 Å². The van der Waals surface area contributed by atoms with E-state index in [9.17, 15) is 18.8 Å². The van der Waals surface area contributed by atoms with Crippen LogP contribution in [0.1, 0.15) is 22.2 Å². The summed E-state index contributed by atoms with van der Waals surface area (Å²) in [6, 6.07) is 17.9. The number of anilines is 4. The van der Waals surface area contributed by atoms with Crippen molar-refractivity contribution in [2.45, 2.75) is 13.0 Å². The van der Waals surface area contributed by atoms with Crippen LogP contribution in [0.5, 0.6) is 11.5 Å². The molecule has 4 aromatic rings. The number of hydrogen-bond donors (Lipinski definition) is 2. The summed E-state index contributed by atoms with van der Waals surface area (Å²) < 4.78 is 24.3. The molecule has 2 amide bonds. The van der Waals surface area contributed by atoms with E-state index in [0.717, 1.165) is 11.3 Å². The summed E-state index contributed by atoms with van der Waals surface area (Å²) in [5, 5.41) is 0.252. The smallest absolute Gasteiger partial charge is 0.264 e. The third-order valence-corrected chi connectivity index (χ3v) is 7.32. The average Bonchev–Trinajstić information content (AvgIpc) is 3.36. The number of halogens is 1. The number of amides is 2. The lowest BCUT2D eigenvalue weighted by Crippen LogP contribution is -2.39. The summed E-state index contributed by atoms with van der Waals surface area (Å²) in [6.07, 6.45) is 0. The van der Waals surface area contributed by atoms with Gasteiger partial charge in [-0.25, -0.2) is 9.37 Å². The van der Waals surface area contributed by atoms with Gasteiger partial charge in [-0.05, 0) is 67.6 Å². The van der Waals surface area contributed by atoms with Crippen LogP contribution in [0.15, 0.2) is 72.8 Å². The Morgan fingerprint density at radius 3 is 2.32 bits per heavy atom. The minimum Gasteiger partial charge on any atom is -0.497 e. The maximum Gasteiger partial charge on any atom is 0.264 e. The SMILES string of the molecule is COc1cccc(N(C)C(=O)COc2ccc(C(=O)c3sc(N(c4ccc(F)cc4)C(C)C(N)=O)nc3N)cc2)c1. The fraction of sp³-hybridized carbons (Fsp3) is 0.172. The Hall–Kier alpha value is -4.97. The minimum absolute atomic E-state index is 0.0229. The Kier molecular flexibility index (Phi) is 8.83. The van der Waals surface area contributed by atoms with Gasteiger partial charge in [-0.1, -0.05) is 17.4 Å². The van der Waals surface area contributed by atoms with Crippen LogP contribution >= 0.6 is 11.3 Å². The summed E-state index contributed by atoms with van der Waals surface area (Å²) in [7, 11) is 3.19. The highest BCUT2D eigenvalue weighted by Gasteiger charge is 2.27. The quantitative estimate of drug-likeness (QED) is 0.253. The van der Waals surface area contributed by atoms with Crippen molar-refractivity contribution >= 4 is 51.3 Å². The van der Waals surface area contributed by atoms with Crippen molar-refractivity contribution in [2.75, 3.05) is 36.3 Å². The standard InChI is InChI=1S/C29H28FN5O5S/c1-17(28(32)38)35(20-11-9-19(30)10-12-20)29-33-27(31)26(41-29)25(37)18-7-13-22(14-8-18)40-16-24(36)34(2)21-5-4-6-23(15-21)39-3/h4-15,17H,16,31H2,1-3H3,(H2,32,38). The Morgan fingerprint density at radius 1 is 1.00 bits per heavy atom. The van der Waals surface area contributed by atoms with Gasteiger partial charge >= 0.3 is 0 Å². The Labute approximate surface area is 239 Å². The molecule has 41 heavy (non-hydrogen) atoms. The maximum absolute atomic E-state index is 13.5. The zero-order chi connectivity index (χ0) is 29.7. The molecule has 0 aliphatic heterocycles. The molecule has 4 rings (SSSR count). The first-order valence-electron chi connectivity index (χ1n) is 12.4. The highest BCUT2D eigenvalue weighted by atomic mass is 32.1. The predicted molar refractivity (Wildman–Crippen MR) is 155 cm³/mol. The van der Waals surface area contributed by atoms with E-state index in [1.54, 1.807) is 69.6 Å². The molecule has 0 spiro atoms. The summed E-state index contributed by atoms with van der Waals surface area (Å²) in [5.74, 6) is -0.760. The van der Waals surface area contributed by atoms with Gasteiger partial charge in [0.2, 0.25) is 11.7 Å². The number of primary amides is 1. The number of rotatable bonds is 11. The van der Waals surface area contributed by atoms with Crippen molar-refractivity contribution < 1.29 is 28.2 Å². The van der Waals surface area contributed by atoms with Gasteiger partial charge in [-0.15, -0.1) is 0 Å². The molecule has 1 atom stereocenters. The second-order valence-electron chi connectivity index (χ2n) is 8.93. The van der Waals surface area contributed by atoms with Gasteiger partial charge in [0.1, 0.15) is 34.1 Å². The van der Waals surface area contributed by atoms with Gasteiger partial charge < -0.3 is 30.7 Å². The van der Waals surface area contributed by atoms with Gasteiger partial charge in [-0.3, -0.25) is 14.4 Å². The number of thiazole rings is 1. The molecule has 10 nitrogen and oxygen atoms in total. The molecule has 0 radical (unpaired) electrons. The minimum atomic E-state index is -0.851. The molecular weight excluding hydrogens is 549 g/mol. The third kappa shape index (κ3) is 6.61. The Bertz CT molecular complexity index is 1560. The summed E-state index contributed by atoms with van der Waals surface area (Å²) in [5.41, 5.74) is 13.1. The second kappa shape index (κ2) is 12.5. The molecule has 212 valence electrons. The molecule has 3 aromatic carbocycles. The van der Waals surface area contributed by atoms with Crippen molar-refractivity contribution in [1.82, 2.24) is 4.98 Å². The third-order valence-electron chi connectivity index (χ3n) is 6.25. The number of ether oxygens (including phenoxy) is 2. The lowest BCUT2D eigenvalue weighted by atomic mass is 10.1. The molecule has 0 saturated heterocycles. The van der Waals surface area contributed by atoms with E-state index in [4.69, 9.17) is 20.9 Å². The van der Waals surface area contributed by atoms with Gasteiger partial charge in [-0.2, -0.15) is 0 Å². The van der Waals surface area contributed by atoms with Crippen molar-refractivity contribution in [1.29, 1.82) is 0 Å². The fourth-order valence-corrected chi connectivity index (χ4v) is 4.90. The van der Waals surface area contributed by atoms with Crippen molar-refractivity contribution in [3.05, 3.63) is 89.1 Å².